The molecule has 0 spiro atoms. The number of imide groups is 1. The number of nitrogens with one attached hydrogen (secondary N) is 3. The van der Waals surface area contributed by atoms with Gasteiger partial charge in [-0.2, -0.15) is 15.3 Å². The summed E-state index contributed by atoms with van der Waals surface area (Å²) in [6.07, 6.45) is 15.3. The number of likely N-dealkylation sites (tertiary alicyclic amines) is 1. The number of piperazine rings is 1. The van der Waals surface area contributed by atoms with E-state index in [0.29, 0.717) is 66.9 Å². The summed E-state index contributed by atoms with van der Waals surface area (Å²) < 4.78 is 10.5. The Morgan fingerprint density at radius 2 is 1.60 bits per heavy atom. The molecule has 3 fully saturated rings. The van der Waals surface area contributed by atoms with E-state index in [1.165, 1.54) is 15.4 Å². The minimum atomic E-state index is -0.906. The molecule has 4 aliphatic rings. The van der Waals surface area contributed by atoms with Crippen molar-refractivity contribution in [2.45, 2.75) is 90.9 Å². The number of H-pyrrole nitrogens is 1. The Morgan fingerprint density at radius 3 is 2.39 bits per heavy atom. The summed E-state index contributed by atoms with van der Waals surface area (Å²) in [5.74, 6) is -0.525. The second-order valence-electron chi connectivity index (χ2n) is 23.5. The third kappa shape index (κ3) is 12.9. The first-order valence-corrected chi connectivity index (χ1v) is 31.0. The summed E-state index contributed by atoms with van der Waals surface area (Å²) in [7, 11) is 1.64. The summed E-state index contributed by atoms with van der Waals surface area (Å²) in [6.45, 7) is 11.8. The average molecular weight is 1230 g/mol. The number of anilines is 1. The number of carbonyl (C=O) groups excluding carboxylic acids is 5. The van der Waals surface area contributed by atoms with Crippen LogP contribution in [0.4, 0.5) is 5.69 Å². The zero-order chi connectivity index (χ0) is 61.4. The number of thiophene rings is 1. The highest BCUT2D eigenvalue weighted by Gasteiger charge is 2.58. The number of para-hydroxylation sites is 2. The van der Waals surface area contributed by atoms with Gasteiger partial charge in [0.2, 0.25) is 17.6 Å². The van der Waals surface area contributed by atoms with E-state index in [1.54, 1.807) is 53.5 Å². The number of likely N-dealkylation sites (N-methyl/N-ethyl adjacent to an activating group) is 1. The predicted octanol–water partition coefficient (Wildman–Crippen LogP) is 7.61. The van der Waals surface area contributed by atoms with E-state index in [1.807, 2.05) is 90.0 Å². The Balaban J connectivity index is 0.533. The zero-order valence-electron chi connectivity index (χ0n) is 49.5. The number of halogens is 1. The molecule has 0 bridgehead atoms. The van der Waals surface area contributed by atoms with Crippen molar-refractivity contribution in [2.24, 2.45) is 11.8 Å². The summed E-state index contributed by atoms with van der Waals surface area (Å²) >= 11 is 8.37. The molecule has 24 heteroatoms. The number of rotatable bonds is 20. The van der Waals surface area contributed by atoms with Gasteiger partial charge in [-0.25, -0.2) is 4.98 Å². The van der Waals surface area contributed by atoms with Gasteiger partial charge in [0.05, 0.1) is 58.9 Å². The van der Waals surface area contributed by atoms with Crippen LogP contribution in [0.5, 0.6) is 5.75 Å². The van der Waals surface area contributed by atoms with Crippen molar-refractivity contribution >= 4 is 80.5 Å². The van der Waals surface area contributed by atoms with E-state index in [0.717, 1.165) is 80.2 Å². The van der Waals surface area contributed by atoms with Gasteiger partial charge in [0.1, 0.15) is 24.2 Å². The molecule has 9 aromatic rings. The molecule has 9 heterocycles. The van der Waals surface area contributed by atoms with E-state index < -0.39 is 11.9 Å². The first-order chi connectivity index (χ1) is 43.1. The van der Waals surface area contributed by atoms with E-state index >= 15 is 0 Å². The van der Waals surface area contributed by atoms with Crippen LogP contribution in [0, 0.1) is 18.8 Å². The zero-order valence-corrected chi connectivity index (χ0v) is 51.1. The molecule has 3 aromatic carbocycles. The second-order valence-corrected chi connectivity index (χ2v) is 25.0. The lowest BCUT2D eigenvalue weighted by atomic mass is 9.94. The SMILES string of the molecule is Cc1cc(Cl)cc(-c2ccnc3cc(CN4C(=O)C5CC5C4=O)sc23)c1CN1[C@@H](C)CN(Cc2cnn(CCCNC(=O)c3ccc(Cn4cc(/C=C\c5ccc(Cc6nc(C(=O)N[C@H]7COc8ccccc8N(C)C7=O)n[nH]6)cc5)cn4)nn3)c2)C[C@@H]1C. The number of aromatic amines is 1. The number of ether oxygens (including phenoxy) is 1. The standard InChI is InChI=1S/C65H65ClN16O6S/c1-38-22-45(66)24-49(48-18-20-67-54-25-47(89-59(48)54)35-82-63(85)50-26-51(50)64(82)86)52(38)36-81-39(2)29-78(30-40(81)3)31-44-28-69-79(33-44)21-7-19-68-61(83)53-17-16-46(73-74-53)34-80-32-43(27-70-80)15-12-41-10-13-42(14-11-41)23-58-72-60(76-75-58)62(84)71-55-37-88-57-9-6-5-8-56(57)77(4)65(55)87/h5-6,8-18,20,22,24-25,27-28,32-33,39-40,50-51,55H,7,19,21,23,26,29-31,34-37H2,1-4H3,(H,68,83)(H,71,84)(H,72,75,76)/b15-12-/t39-,40-,50?,51?,55-/m0/s1. The molecular weight excluding hydrogens is 1170 g/mol. The fourth-order valence-corrected chi connectivity index (χ4v) is 13.6. The Kier molecular flexibility index (Phi) is 16.5. The summed E-state index contributed by atoms with van der Waals surface area (Å²) in [6, 6.07) is 26.4. The number of fused-ring (bicyclic) bond motifs is 3. The number of benzene rings is 3. The minimum absolute atomic E-state index is 0.0178. The van der Waals surface area contributed by atoms with Crippen LogP contribution in [0.1, 0.15) is 97.6 Å². The third-order valence-electron chi connectivity index (χ3n) is 17.0. The van der Waals surface area contributed by atoms with Gasteiger partial charge in [0, 0.05) is 110 Å². The maximum absolute atomic E-state index is 13.1. The number of hydrogen-bond acceptors (Lipinski definition) is 16. The first kappa shape index (κ1) is 58.7. The number of amides is 5. The quantitative estimate of drug-likeness (QED) is 0.0491. The highest BCUT2D eigenvalue weighted by molar-refractivity contribution is 7.19. The van der Waals surface area contributed by atoms with Crippen molar-refractivity contribution < 1.29 is 28.7 Å². The van der Waals surface area contributed by atoms with Gasteiger partial charge < -0.3 is 20.3 Å². The van der Waals surface area contributed by atoms with Crippen LogP contribution in [0.25, 0.3) is 33.5 Å². The van der Waals surface area contributed by atoms with E-state index in [4.69, 9.17) is 21.3 Å². The van der Waals surface area contributed by atoms with Gasteiger partial charge in [-0.3, -0.25) is 58.1 Å². The van der Waals surface area contributed by atoms with Gasteiger partial charge in [-0.05, 0) is 110 Å². The Labute approximate surface area is 521 Å². The third-order valence-corrected chi connectivity index (χ3v) is 18.3. The van der Waals surface area contributed by atoms with Crippen LogP contribution in [0.3, 0.4) is 0 Å². The van der Waals surface area contributed by atoms with Crippen molar-refractivity contribution in [3.8, 4) is 16.9 Å². The van der Waals surface area contributed by atoms with E-state index in [9.17, 15) is 24.0 Å². The highest BCUT2D eigenvalue weighted by Crippen LogP contribution is 2.48. The smallest absolute Gasteiger partial charge is 0.291 e. The van der Waals surface area contributed by atoms with Crippen molar-refractivity contribution in [3.05, 3.63) is 182 Å². The molecule has 0 radical (unpaired) electrons. The van der Waals surface area contributed by atoms with Crippen molar-refractivity contribution in [2.75, 3.05) is 38.2 Å². The van der Waals surface area contributed by atoms with Gasteiger partial charge in [0.25, 0.3) is 17.7 Å². The first-order valence-electron chi connectivity index (χ1n) is 29.8. The monoisotopic (exact) mass is 1230 g/mol. The number of aryl methyl sites for hydroxylation is 2. The molecule has 6 aromatic heterocycles. The van der Waals surface area contributed by atoms with Crippen molar-refractivity contribution in [3.63, 3.8) is 0 Å². The molecule has 3 aliphatic heterocycles. The van der Waals surface area contributed by atoms with E-state index in [2.05, 4.69) is 89.0 Å². The van der Waals surface area contributed by atoms with Crippen molar-refractivity contribution in [1.82, 2.24) is 75.3 Å². The average Bonchev–Trinajstić information content (AvgIpc) is 1.67. The fourth-order valence-electron chi connectivity index (χ4n) is 12.2. The van der Waals surface area contributed by atoms with Crippen LogP contribution < -0.4 is 20.3 Å². The van der Waals surface area contributed by atoms with Gasteiger partial charge in [-0.1, -0.05) is 60.2 Å². The van der Waals surface area contributed by atoms with Crippen molar-refractivity contribution in [1.29, 1.82) is 0 Å². The van der Waals surface area contributed by atoms with Crippen LogP contribution in [0.15, 0.2) is 116 Å². The lowest BCUT2D eigenvalue weighted by Crippen LogP contribution is -2.55. The molecule has 5 atom stereocenters. The van der Waals surface area contributed by atoms with Crippen LogP contribution in [-0.4, -0.2) is 146 Å². The molecule has 89 heavy (non-hydrogen) atoms. The van der Waals surface area contributed by atoms with Gasteiger partial charge in [0.15, 0.2) is 5.69 Å². The molecule has 13 rings (SSSR count). The van der Waals surface area contributed by atoms with E-state index in [-0.39, 0.29) is 72.2 Å². The van der Waals surface area contributed by atoms with Crippen LogP contribution in [0.2, 0.25) is 5.02 Å². The predicted molar refractivity (Wildman–Crippen MR) is 335 cm³/mol. The molecule has 1 aliphatic carbocycles. The van der Waals surface area contributed by atoms with Crippen LogP contribution in [-0.2, 0) is 53.5 Å². The van der Waals surface area contributed by atoms with Gasteiger partial charge >= 0.3 is 0 Å². The normalized spacial score (nSPS) is 19.4. The molecule has 3 N–H and O–H groups in total. The Morgan fingerprint density at radius 1 is 0.809 bits per heavy atom. The van der Waals surface area contributed by atoms with Gasteiger partial charge in [-0.15, -0.1) is 21.5 Å². The number of nitrogens with zero attached hydrogens (tertiary/aromatic N) is 13. The number of carbonyl (C=O) groups is 5. The summed E-state index contributed by atoms with van der Waals surface area (Å²) in [4.78, 5) is 82.8. The minimum Gasteiger partial charge on any atom is -0.489 e. The number of aromatic nitrogens is 10. The Hall–Kier alpha value is -9.29. The van der Waals surface area contributed by atoms with Crippen LogP contribution >= 0.6 is 22.9 Å². The molecular formula is C65H65ClN16O6S. The second kappa shape index (κ2) is 25.1. The summed E-state index contributed by atoms with van der Waals surface area (Å²) in [5, 5.41) is 30.9. The topological polar surface area (TPSA) is 247 Å². The molecule has 1 saturated carbocycles. The lowest BCUT2D eigenvalue weighted by Gasteiger charge is -2.45. The molecule has 5 amide bonds. The maximum Gasteiger partial charge on any atom is 0.291 e. The molecule has 454 valence electrons. The number of piperidine rings is 1. The number of pyridine rings is 1. The summed E-state index contributed by atoms with van der Waals surface area (Å²) in [5.41, 5.74) is 10.8. The Bertz CT molecular complexity index is 4160. The number of hydrogen-bond donors (Lipinski definition) is 3. The molecule has 22 nitrogen and oxygen atoms in total. The lowest BCUT2D eigenvalue weighted by molar-refractivity contribution is -0.142. The maximum atomic E-state index is 13.1. The largest absolute Gasteiger partial charge is 0.489 e. The fraction of sp³-hybridized carbons (Fsp3) is 0.323. The molecule has 2 unspecified atom stereocenters. The highest BCUT2D eigenvalue weighted by atomic mass is 35.5. The molecule has 2 saturated heterocycles.